The number of benzene rings is 1. The van der Waals surface area contributed by atoms with Crippen molar-refractivity contribution in [1.29, 1.82) is 0 Å². The van der Waals surface area contributed by atoms with Crippen LogP contribution in [0.2, 0.25) is 5.02 Å². The fourth-order valence-electron chi connectivity index (χ4n) is 6.06. The van der Waals surface area contributed by atoms with E-state index in [2.05, 4.69) is 0 Å². The van der Waals surface area contributed by atoms with Crippen molar-refractivity contribution in [2.45, 2.75) is 50.4 Å². The summed E-state index contributed by atoms with van der Waals surface area (Å²) in [6, 6.07) is 4.43. The summed E-state index contributed by atoms with van der Waals surface area (Å²) in [5, 5.41) is 9.94. The fourth-order valence-corrected chi connectivity index (χ4v) is 6.39. The van der Waals surface area contributed by atoms with Crippen LogP contribution in [0.25, 0.3) is 0 Å². The number of anilines is 1. The standard InChI is InChI=1S/C27H31ClN2O6/c1-17-9-6-10-18(28)22(17)29-13-7-12-27-21(24(32)30(14-8-15-31)23(27)25(29)33)20-19(36-27)11-4-2-3-5-16-35-26(20)34/h4,6-7,9-12,19-21,23,31H,2-3,5,8,13-16H2,1H3/b11-4-/t19-,20+,21-,23?,27-/m0/s1. The molecule has 36 heavy (non-hydrogen) atoms. The van der Waals surface area contributed by atoms with Crippen LogP contribution in [0.5, 0.6) is 0 Å². The Labute approximate surface area is 215 Å². The summed E-state index contributed by atoms with van der Waals surface area (Å²) in [5.41, 5.74) is 0.0800. The second-order valence-corrected chi connectivity index (χ2v) is 10.2. The number of allylic oxidation sites excluding steroid dienone is 1. The SMILES string of the molecule is Cc1cccc(Cl)c1N1CC=C[C@]23O[C@H]4/C=C\CCCCOC(=O)[C@H]4[C@H]2C(=O)N(CCCO)C3C1=O. The van der Waals surface area contributed by atoms with Crippen LogP contribution < -0.4 is 4.90 Å². The molecule has 1 aromatic carbocycles. The third kappa shape index (κ3) is 3.96. The number of hydrogen-bond acceptors (Lipinski definition) is 6. The molecule has 9 heteroatoms. The molecule has 0 radical (unpaired) electrons. The van der Waals surface area contributed by atoms with E-state index < -0.39 is 35.6 Å². The van der Waals surface area contributed by atoms with E-state index in [0.717, 1.165) is 24.8 Å². The Kier molecular flexibility index (Phi) is 6.94. The van der Waals surface area contributed by atoms with Gasteiger partial charge in [-0.3, -0.25) is 14.4 Å². The number of likely N-dealkylation sites (tertiary alicyclic amines) is 1. The van der Waals surface area contributed by atoms with Crippen LogP contribution in [-0.2, 0) is 23.9 Å². The maximum atomic E-state index is 14.3. The lowest BCUT2D eigenvalue weighted by atomic mass is 9.78. The molecule has 4 aliphatic heterocycles. The van der Waals surface area contributed by atoms with Crippen molar-refractivity contribution < 1.29 is 29.0 Å². The lowest BCUT2D eigenvalue weighted by Crippen LogP contribution is -2.55. The molecule has 1 spiro atoms. The summed E-state index contributed by atoms with van der Waals surface area (Å²) in [6.45, 7) is 2.44. The van der Waals surface area contributed by atoms with Gasteiger partial charge in [0.05, 0.1) is 29.3 Å². The van der Waals surface area contributed by atoms with Crippen molar-refractivity contribution in [3.05, 3.63) is 53.1 Å². The van der Waals surface area contributed by atoms with Crippen molar-refractivity contribution in [3.63, 3.8) is 0 Å². The minimum absolute atomic E-state index is 0.136. The van der Waals surface area contributed by atoms with Crippen molar-refractivity contribution in [1.82, 2.24) is 4.90 Å². The zero-order chi connectivity index (χ0) is 25.4. The Morgan fingerprint density at radius 1 is 1.17 bits per heavy atom. The first-order chi connectivity index (χ1) is 17.4. The van der Waals surface area contributed by atoms with Gasteiger partial charge in [0.2, 0.25) is 5.91 Å². The summed E-state index contributed by atoms with van der Waals surface area (Å²) in [6.07, 6.45) is 9.50. The highest BCUT2D eigenvalue weighted by Crippen LogP contribution is 2.53. The number of cyclic esters (lactones) is 1. The fraction of sp³-hybridized carbons (Fsp3) is 0.519. The third-order valence-corrected chi connectivity index (χ3v) is 7.92. The number of amides is 2. The lowest BCUT2D eigenvalue weighted by molar-refractivity contribution is -0.154. The van der Waals surface area contributed by atoms with E-state index in [1.165, 1.54) is 4.90 Å². The quantitative estimate of drug-likeness (QED) is 0.490. The molecule has 4 aliphatic rings. The predicted molar refractivity (Wildman–Crippen MR) is 133 cm³/mol. The largest absolute Gasteiger partial charge is 0.465 e. The van der Waals surface area contributed by atoms with E-state index in [0.29, 0.717) is 17.1 Å². The van der Waals surface area contributed by atoms with E-state index in [1.807, 2.05) is 37.3 Å². The molecule has 0 saturated carbocycles. The Hall–Kier alpha value is -2.68. The summed E-state index contributed by atoms with van der Waals surface area (Å²) in [4.78, 5) is 44.5. The van der Waals surface area contributed by atoms with Crippen molar-refractivity contribution in [2.75, 3.05) is 31.2 Å². The van der Waals surface area contributed by atoms with Gasteiger partial charge in [-0.05, 0) is 44.2 Å². The highest BCUT2D eigenvalue weighted by molar-refractivity contribution is 6.34. The Bertz CT molecular complexity index is 1100. The Morgan fingerprint density at radius 3 is 2.78 bits per heavy atom. The van der Waals surface area contributed by atoms with Crippen molar-refractivity contribution >= 4 is 35.1 Å². The summed E-state index contributed by atoms with van der Waals surface area (Å²) in [7, 11) is 0. The molecule has 1 N–H and O–H groups in total. The first kappa shape index (κ1) is 25.0. The Morgan fingerprint density at radius 2 is 2.00 bits per heavy atom. The molecule has 4 heterocycles. The minimum Gasteiger partial charge on any atom is -0.465 e. The smallest absolute Gasteiger partial charge is 0.312 e. The minimum atomic E-state index is -1.33. The van der Waals surface area contributed by atoms with Crippen LogP contribution in [0.1, 0.15) is 31.2 Å². The molecular formula is C27H31ClN2O6. The molecule has 8 nitrogen and oxygen atoms in total. The molecule has 5 atom stereocenters. The van der Waals surface area contributed by atoms with E-state index in [9.17, 15) is 19.5 Å². The van der Waals surface area contributed by atoms with Gasteiger partial charge < -0.3 is 24.4 Å². The predicted octanol–water partition coefficient (Wildman–Crippen LogP) is 2.80. The highest BCUT2D eigenvalue weighted by Gasteiger charge is 2.71. The molecule has 2 saturated heterocycles. The number of nitrogens with zero attached hydrogens (tertiary/aromatic N) is 2. The summed E-state index contributed by atoms with van der Waals surface area (Å²) < 4.78 is 12.1. The van der Waals surface area contributed by atoms with Gasteiger partial charge in [0.25, 0.3) is 5.91 Å². The molecule has 192 valence electrons. The normalized spacial score (nSPS) is 33.0. The van der Waals surface area contributed by atoms with Gasteiger partial charge in [-0.2, -0.15) is 0 Å². The number of rotatable bonds is 4. The first-order valence-corrected chi connectivity index (χ1v) is 12.9. The molecule has 0 bridgehead atoms. The third-order valence-electron chi connectivity index (χ3n) is 7.62. The zero-order valence-corrected chi connectivity index (χ0v) is 21.0. The van der Waals surface area contributed by atoms with E-state index in [4.69, 9.17) is 21.1 Å². The van der Waals surface area contributed by atoms with Crippen LogP contribution in [0.4, 0.5) is 5.69 Å². The number of halogens is 1. The van der Waals surface area contributed by atoms with Crippen molar-refractivity contribution in [3.8, 4) is 0 Å². The molecule has 1 aromatic rings. The first-order valence-electron chi connectivity index (χ1n) is 12.6. The van der Waals surface area contributed by atoms with Gasteiger partial charge in [0.1, 0.15) is 17.6 Å². The number of aryl methyl sites for hydroxylation is 1. The van der Waals surface area contributed by atoms with E-state index in [1.54, 1.807) is 17.0 Å². The molecule has 2 amide bonds. The summed E-state index contributed by atoms with van der Waals surface area (Å²) >= 11 is 6.54. The average Bonchev–Trinajstić information content (AvgIpc) is 3.23. The van der Waals surface area contributed by atoms with E-state index in [-0.39, 0.29) is 38.1 Å². The second kappa shape index (κ2) is 10.00. The van der Waals surface area contributed by atoms with Gasteiger partial charge >= 0.3 is 5.97 Å². The van der Waals surface area contributed by atoms with Crippen LogP contribution in [-0.4, -0.2) is 71.8 Å². The van der Waals surface area contributed by atoms with Gasteiger partial charge in [-0.15, -0.1) is 0 Å². The molecule has 0 aliphatic carbocycles. The number of fused-ring (bicyclic) bond motifs is 2. The molecular weight excluding hydrogens is 484 g/mol. The average molecular weight is 515 g/mol. The number of carbonyl (C=O) groups is 3. The number of ether oxygens (including phenoxy) is 2. The number of aliphatic hydroxyl groups excluding tert-OH is 1. The lowest BCUT2D eigenvalue weighted by Gasteiger charge is -2.35. The van der Waals surface area contributed by atoms with Gasteiger partial charge in [-0.25, -0.2) is 0 Å². The van der Waals surface area contributed by atoms with Gasteiger partial charge in [0.15, 0.2) is 0 Å². The monoisotopic (exact) mass is 514 g/mol. The number of hydrogen-bond donors (Lipinski definition) is 1. The van der Waals surface area contributed by atoms with Crippen LogP contribution in [0.3, 0.4) is 0 Å². The number of aliphatic hydroxyl groups is 1. The van der Waals surface area contributed by atoms with Gasteiger partial charge in [-0.1, -0.05) is 48.0 Å². The zero-order valence-electron chi connectivity index (χ0n) is 20.3. The van der Waals surface area contributed by atoms with Crippen LogP contribution in [0.15, 0.2) is 42.5 Å². The molecule has 1 unspecified atom stereocenters. The maximum Gasteiger partial charge on any atom is 0.312 e. The number of carbonyl (C=O) groups excluding carboxylic acids is 3. The van der Waals surface area contributed by atoms with Crippen molar-refractivity contribution in [2.24, 2.45) is 11.8 Å². The summed E-state index contributed by atoms with van der Waals surface area (Å²) in [5.74, 6) is -2.91. The Balaban J connectivity index is 1.62. The number of esters is 1. The van der Waals surface area contributed by atoms with E-state index >= 15 is 0 Å². The highest BCUT2D eigenvalue weighted by atomic mass is 35.5. The topological polar surface area (TPSA) is 96.4 Å². The maximum absolute atomic E-state index is 14.3. The number of para-hydroxylation sites is 1. The van der Waals surface area contributed by atoms with Crippen LogP contribution in [0, 0.1) is 18.8 Å². The van der Waals surface area contributed by atoms with Gasteiger partial charge in [0, 0.05) is 19.7 Å². The van der Waals surface area contributed by atoms with Crippen LogP contribution >= 0.6 is 11.6 Å². The molecule has 0 aromatic heterocycles. The second-order valence-electron chi connectivity index (χ2n) is 9.80. The molecule has 2 fully saturated rings. The molecule has 5 rings (SSSR count).